The van der Waals surface area contributed by atoms with Crippen molar-refractivity contribution in [2.24, 2.45) is 0 Å². The number of benzene rings is 1. The number of alkyl halides is 1. The zero-order valence-electron chi connectivity index (χ0n) is 18.4. The molecule has 0 aromatic heterocycles. The summed E-state index contributed by atoms with van der Waals surface area (Å²) in [5, 5.41) is 9.89. The van der Waals surface area contributed by atoms with Gasteiger partial charge in [-0.15, -0.1) is 0 Å². The standard InChI is InChI=1S/C25H33FN2O3/c1-2-13-27(14-3-4-23(29)25(31)11-12-25)24(30)19-7-5-18(6-8-19)20-15-22-10-9-21(26)17-28(22)16-20/h5-8,10,20-21,31H,2-4,9,11-17H2,1H3. The number of hydrogen-bond acceptors (Lipinski definition) is 4. The SMILES string of the molecule is CCCN(CCCC(=O)C1(O)CC1)C(=O)c1ccc(C2CC3=CCC(F)CN3C2)cc1. The quantitative estimate of drug-likeness (QED) is 0.649. The second-order valence-electron chi connectivity index (χ2n) is 9.31. The minimum Gasteiger partial charge on any atom is -0.382 e. The summed E-state index contributed by atoms with van der Waals surface area (Å²) in [5.74, 6) is 0.229. The van der Waals surface area contributed by atoms with Crippen molar-refractivity contribution in [2.75, 3.05) is 26.2 Å². The van der Waals surface area contributed by atoms with Crippen molar-refractivity contribution >= 4 is 11.7 Å². The summed E-state index contributed by atoms with van der Waals surface area (Å²) in [6.07, 6.45) is 5.59. The lowest BCUT2D eigenvalue weighted by Gasteiger charge is -2.26. The van der Waals surface area contributed by atoms with Gasteiger partial charge in [0, 0.05) is 56.2 Å². The van der Waals surface area contributed by atoms with E-state index in [1.807, 2.05) is 37.3 Å². The van der Waals surface area contributed by atoms with Gasteiger partial charge < -0.3 is 14.9 Å². The van der Waals surface area contributed by atoms with Crippen molar-refractivity contribution in [1.82, 2.24) is 9.80 Å². The third-order valence-electron chi connectivity index (χ3n) is 6.81. The highest BCUT2D eigenvalue weighted by atomic mass is 19.1. The minimum atomic E-state index is -1.08. The molecule has 3 aliphatic rings. The lowest BCUT2D eigenvalue weighted by Crippen LogP contribution is -2.33. The van der Waals surface area contributed by atoms with Crippen LogP contribution >= 0.6 is 0 Å². The van der Waals surface area contributed by atoms with Gasteiger partial charge in [0.25, 0.3) is 5.91 Å². The molecule has 1 N–H and O–H groups in total. The van der Waals surface area contributed by atoms with E-state index >= 15 is 0 Å². The number of fused-ring (bicyclic) bond motifs is 1. The Hall–Kier alpha value is -2.21. The number of rotatable bonds is 9. The number of amides is 1. The molecule has 0 radical (unpaired) electrons. The van der Waals surface area contributed by atoms with Gasteiger partial charge in [0.05, 0.1) is 0 Å². The Balaban J connectivity index is 1.34. The molecule has 4 rings (SSSR count). The molecule has 5 nitrogen and oxygen atoms in total. The van der Waals surface area contributed by atoms with E-state index in [1.54, 1.807) is 4.90 Å². The van der Waals surface area contributed by atoms with E-state index in [0.717, 1.165) is 19.4 Å². The summed E-state index contributed by atoms with van der Waals surface area (Å²) >= 11 is 0. The second-order valence-corrected chi connectivity index (χ2v) is 9.31. The van der Waals surface area contributed by atoms with Crippen molar-refractivity contribution in [3.63, 3.8) is 0 Å². The van der Waals surface area contributed by atoms with Crippen molar-refractivity contribution in [1.29, 1.82) is 0 Å². The maximum absolute atomic E-state index is 13.7. The van der Waals surface area contributed by atoms with Crippen LogP contribution in [0.1, 0.15) is 73.7 Å². The van der Waals surface area contributed by atoms with E-state index in [0.29, 0.717) is 63.2 Å². The van der Waals surface area contributed by atoms with Gasteiger partial charge in [0.15, 0.2) is 5.78 Å². The zero-order chi connectivity index (χ0) is 22.0. The Morgan fingerprint density at radius 1 is 1.19 bits per heavy atom. The number of allylic oxidation sites excluding steroid dienone is 2. The van der Waals surface area contributed by atoms with Gasteiger partial charge in [-0.05, 0) is 49.8 Å². The molecule has 2 atom stereocenters. The molecule has 1 saturated carbocycles. The first-order valence-electron chi connectivity index (χ1n) is 11.6. The molecule has 6 heteroatoms. The molecular formula is C25H33FN2O3. The molecule has 0 spiro atoms. The Morgan fingerprint density at radius 3 is 2.61 bits per heavy atom. The normalized spacial score (nSPS) is 23.8. The maximum atomic E-state index is 13.7. The Kier molecular flexibility index (Phi) is 6.47. The summed E-state index contributed by atoms with van der Waals surface area (Å²) in [4.78, 5) is 29.0. The van der Waals surface area contributed by atoms with Gasteiger partial charge >= 0.3 is 0 Å². The van der Waals surface area contributed by atoms with Gasteiger partial charge in [-0.25, -0.2) is 4.39 Å². The molecule has 31 heavy (non-hydrogen) atoms. The van der Waals surface area contributed by atoms with Gasteiger partial charge in [0.1, 0.15) is 11.8 Å². The third kappa shape index (κ3) is 5.00. The topological polar surface area (TPSA) is 60.9 Å². The zero-order valence-corrected chi connectivity index (χ0v) is 18.4. The predicted molar refractivity (Wildman–Crippen MR) is 118 cm³/mol. The molecule has 1 aromatic rings. The summed E-state index contributed by atoms with van der Waals surface area (Å²) in [6.45, 7) is 4.53. The first-order valence-corrected chi connectivity index (χ1v) is 11.6. The van der Waals surface area contributed by atoms with Crippen molar-refractivity contribution in [2.45, 2.75) is 69.6 Å². The lowest BCUT2D eigenvalue weighted by molar-refractivity contribution is -0.129. The fourth-order valence-electron chi connectivity index (χ4n) is 4.76. The summed E-state index contributed by atoms with van der Waals surface area (Å²) < 4.78 is 13.7. The summed E-state index contributed by atoms with van der Waals surface area (Å²) in [7, 11) is 0. The molecule has 1 saturated heterocycles. The smallest absolute Gasteiger partial charge is 0.253 e. The molecule has 1 amide bonds. The van der Waals surface area contributed by atoms with E-state index < -0.39 is 11.8 Å². The Bertz CT molecular complexity index is 847. The van der Waals surface area contributed by atoms with Gasteiger partial charge in [-0.2, -0.15) is 0 Å². The number of hydrogen-bond donors (Lipinski definition) is 1. The van der Waals surface area contributed by atoms with Crippen LogP contribution in [0.25, 0.3) is 0 Å². The summed E-state index contributed by atoms with van der Waals surface area (Å²) in [6, 6.07) is 7.84. The van der Waals surface area contributed by atoms with Gasteiger partial charge in [-0.3, -0.25) is 9.59 Å². The van der Waals surface area contributed by atoms with Crippen LogP contribution in [0.3, 0.4) is 0 Å². The molecule has 2 heterocycles. The molecule has 168 valence electrons. The first kappa shape index (κ1) is 22.0. The monoisotopic (exact) mass is 428 g/mol. The minimum absolute atomic E-state index is 0.0159. The number of Topliss-reactive ketones (excluding diaryl/α,β-unsaturated/α-hetero) is 1. The first-order chi connectivity index (χ1) is 14.9. The van der Waals surface area contributed by atoms with E-state index in [-0.39, 0.29) is 11.7 Å². The highest BCUT2D eigenvalue weighted by Crippen LogP contribution is 2.38. The average molecular weight is 429 g/mol. The van der Waals surface area contributed by atoms with Crippen molar-refractivity contribution in [3.05, 3.63) is 47.2 Å². The van der Waals surface area contributed by atoms with Crippen LogP contribution in [0.15, 0.2) is 36.0 Å². The third-order valence-corrected chi connectivity index (χ3v) is 6.81. The number of ketones is 1. The average Bonchev–Trinajstić information content (AvgIpc) is 3.38. The summed E-state index contributed by atoms with van der Waals surface area (Å²) in [5.41, 5.74) is 2.01. The number of carbonyl (C=O) groups excluding carboxylic acids is 2. The molecule has 1 aliphatic carbocycles. The number of nitrogens with zero attached hydrogens (tertiary/aromatic N) is 2. The number of aliphatic hydroxyl groups is 1. The van der Waals surface area contributed by atoms with Crippen LogP contribution in [0.4, 0.5) is 4.39 Å². The van der Waals surface area contributed by atoms with Crippen LogP contribution in [0.5, 0.6) is 0 Å². The fraction of sp³-hybridized carbons (Fsp3) is 0.600. The maximum Gasteiger partial charge on any atom is 0.253 e. The molecular weight excluding hydrogens is 395 g/mol. The highest BCUT2D eigenvalue weighted by Gasteiger charge is 2.46. The van der Waals surface area contributed by atoms with Gasteiger partial charge in [-0.1, -0.05) is 25.1 Å². The van der Waals surface area contributed by atoms with Crippen LogP contribution in [0.2, 0.25) is 0 Å². The molecule has 2 fully saturated rings. The van der Waals surface area contributed by atoms with Crippen LogP contribution in [0, 0.1) is 0 Å². The van der Waals surface area contributed by atoms with E-state index in [1.165, 1.54) is 11.3 Å². The van der Waals surface area contributed by atoms with Crippen LogP contribution in [-0.4, -0.2) is 64.5 Å². The van der Waals surface area contributed by atoms with E-state index in [2.05, 4.69) is 4.90 Å². The molecule has 2 unspecified atom stereocenters. The number of halogens is 1. The molecule has 0 bridgehead atoms. The van der Waals surface area contributed by atoms with Crippen LogP contribution in [-0.2, 0) is 4.79 Å². The Morgan fingerprint density at radius 2 is 1.94 bits per heavy atom. The lowest BCUT2D eigenvalue weighted by atomic mass is 9.96. The predicted octanol–water partition coefficient (Wildman–Crippen LogP) is 3.83. The fourth-order valence-corrected chi connectivity index (χ4v) is 4.76. The van der Waals surface area contributed by atoms with Crippen LogP contribution < -0.4 is 0 Å². The van der Waals surface area contributed by atoms with Gasteiger partial charge in [0.2, 0.25) is 0 Å². The van der Waals surface area contributed by atoms with E-state index in [4.69, 9.17) is 0 Å². The largest absolute Gasteiger partial charge is 0.382 e. The van der Waals surface area contributed by atoms with Crippen molar-refractivity contribution < 1.29 is 19.1 Å². The highest BCUT2D eigenvalue weighted by molar-refractivity contribution is 5.94. The molecule has 2 aliphatic heterocycles. The molecule has 1 aromatic carbocycles. The number of carbonyl (C=O) groups is 2. The Labute approximate surface area is 183 Å². The van der Waals surface area contributed by atoms with E-state index in [9.17, 15) is 19.1 Å². The second kappa shape index (κ2) is 9.11. The van der Waals surface area contributed by atoms with Crippen molar-refractivity contribution in [3.8, 4) is 0 Å².